The maximum absolute atomic E-state index is 13.3. The minimum absolute atomic E-state index is 0.139. The topological polar surface area (TPSA) is 87.7 Å². The van der Waals surface area contributed by atoms with E-state index in [4.69, 9.17) is 16.3 Å². The zero-order valence-corrected chi connectivity index (χ0v) is 16.7. The van der Waals surface area contributed by atoms with Gasteiger partial charge in [-0.05, 0) is 42.3 Å². The van der Waals surface area contributed by atoms with Gasteiger partial charge in [0.1, 0.15) is 17.6 Å². The fourth-order valence-electron chi connectivity index (χ4n) is 2.96. The molecule has 0 bridgehead atoms. The quantitative estimate of drug-likeness (QED) is 0.785. The van der Waals surface area contributed by atoms with E-state index < -0.39 is 34.0 Å². The summed E-state index contributed by atoms with van der Waals surface area (Å²) < 4.78 is 46.9. The molecule has 0 aromatic heterocycles. The highest BCUT2D eigenvalue weighted by Crippen LogP contribution is 2.29. The van der Waals surface area contributed by atoms with E-state index in [1.165, 1.54) is 26.3 Å². The van der Waals surface area contributed by atoms with Crippen molar-refractivity contribution in [2.24, 2.45) is 0 Å². The third-order valence-corrected chi connectivity index (χ3v) is 6.46. The standard InChI is InChI=1S/C18H19ClFN3O4S/c1-23-17(18(24)21-12-5-8-15(20)14(19)9-12)10-16(22-28(23,25)26)11-3-6-13(27-2)7-4-11/h3-9,16-17,22H,10H2,1-2H3,(H,21,24). The van der Waals surface area contributed by atoms with E-state index in [-0.39, 0.29) is 17.1 Å². The second kappa shape index (κ2) is 8.04. The minimum Gasteiger partial charge on any atom is -0.497 e. The normalized spacial score (nSPS) is 21.9. The Bertz CT molecular complexity index is 985. The van der Waals surface area contributed by atoms with Gasteiger partial charge in [0.25, 0.3) is 10.2 Å². The lowest BCUT2D eigenvalue weighted by Crippen LogP contribution is -2.55. The lowest BCUT2D eigenvalue weighted by atomic mass is 9.99. The van der Waals surface area contributed by atoms with Gasteiger partial charge < -0.3 is 10.1 Å². The predicted octanol–water partition coefficient (Wildman–Crippen LogP) is 2.71. The molecule has 28 heavy (non-hydrogen) atoms. The molecule has 150 valence electrons. The predicted molar refractivity (Wildman–Crippen MR) is 104 cm³/mol. The number of nitrogens with zero attached hydrogens (tertiary/aromatic N) is 1. The molecule has 10 heteroatoms. The van der Waals surface area contributed by atoms with Crippen LogP contribution in [0.2, 0.25) is 5.02 Å². The molecule has 2 N–H and O–H groups in total. The first kappa shape index (κ1) is 20.5. The van der Waals surface area contributed by atoms with Gasteiger partial charge in [-0.25, -0.2) is 4.39 Å². The number of benzene rings is 2. The molecule has 0 spiro atoms. The summed E-state index contributed by atoms with van der Waals surface area (Å²) in [5.41, 5.74) is 0.988. The van der Waals surface area contributed by atoms with Crippen LogP contribution < -0.4 is 14.8 Å². The zero-order valence-electron chi connectivity index (χ0n) is 15.1. The molecule has 3 rings (SSSR count). The number of likely N-dealkylation sites (N-methyl/N-ethyl adjacent to an activating group) is 1. The van der Waals surface area contributed by atoms with Crippen LogP contribution in [0, 0.1) is 5.82 Å². The molecule has 2 unspecified atom stereocenters. The van der Waals surface area contributed by atoms with Gasteiger partial charge >= 0.3 is 0 Å². The molecule has 0 saturated carbocycles. The summed E-state index contributed by atoms with van der Waals surface area (Å²) in [6.45, 7) is 0. The number of anilines is 1. The van der Waals surface area contributed by atoms with Crippen LogP contribution in [0.3, 0.4) is 0 Å². The highest BCUT2D eigenvalue weighted by atomic mass is 35.5. The van der Waals surface area contributed by atoms with Crippen LogP contribution in [-0.2, 0) is 15.0 Å². The monoisotopic (exact) mass is 427 g/mol. The van der Waals surface area contributed by atoms with Crippen molar-refractivity contribution in [2.45, 2.75) is 18.5 Å². The maximum atomic E-state index is 13.3. The molecule has 0 radical (unpaired) electrons. The van der Waals surface area contributed by atoms with Gasteiger partial charge in [0, 0.05) is 18.8 Å². The number of hydrogen-bond donors (Lipinski definition) is 2. The lowest BCUT2D eigenvalue weighted by molar-refractivity contribution is -0.120. The molecule has 1 aliphatic rings. The summed E-state index contributed by atoms with van der Waals surface area (Å²) >= 11 is 5.73. The van der Waals surface area contributed by atoms with E-state index in [0.717, 1.165) is 10.4 Å². The van der Waals surface area contributed by atoms with Gasteiger partial charge in [-0.1, -0.05) is 23.7 Å². The van der Waals surface area contributed by atoms with Crippen molar-refractivity contribution in [2.75, 3.05) is 19.5 Å². The number of rotatable bonds is 4. The van der Waals surface area contributed by atoms with E-state index in [9.17, 15) is 17.6 Å². The van der Waals surface area contributed by atoms with E-state index in [2.05, 4.69) is 10.0 Å². The van der Waals surface area contributed by atoms with Crippen molar-refractivity contribution >= 4 is 33.4 Å². The van der Waals surface area contributed by atoms with Crippen molar-refractivity contribution in [1.82, 2.24) is 9.03 Å². The molecule has 1 saturated heterocycles. The minimum atomic E-state index is -3.87. The summed E-state index contributed by atoms with van der Waals surface area (Å²) in [5, 5.41) is 2.46. The van der Waals surface area contributed by atoms with Crippen LogP contribution >= 0.6 is 11.6 Å². The Labute approximate surface area is 167 Å². The molecule has 1 aliphatic heterocycles. The van der Waals surface area contributed by atoms with Crippen molar-refractivity contribution in [3.8, 4) is 5.75 Å². The van der Waals surface area contributed by atoms with Crippen LogP contribution in [0.5, 0.6) is 5.75 Å². The van der Waals surface area contributed by atoms with Gasteiger partial charge in [0.2, 0.25) is 5.91 Å². The summed E-state index contributed by atoms with van der Waals surface area (Å²) in [5.74, 6) is -0.503. The summed E-state index contributed by atoms with van der Waals surface area (Å²) in [7, 11) is -1.01. The fourth-order valence-corrected chi connectivity index (χ4v) is 4.42. The fraction of sp³-hybridized carbons (Fsp3) is 0.278. The van der Waals surface area contributed by atoms with Crippen LogP contribution in [-0.4, -0.2) is 38.8 Å². The maximum Gasteiger partial charge on any atom is 0.280 e. The molecule has 1 amide bonds. The molecule has 2 atom stereocenters. The summed E-state index contributed by atoms with van der Waals surface area (Å²) in [4.78, 5) is 12.7. The van der Waals surface area contributed by atoms with E-state index in [0.29, 0.717) is 11.3 Å². The molecule has 2 aromatic rings. The number of hydrogen-bond acceptors (Lipinski definition) is 4. The van der Waals surface area contributed by atoms with Crippen LogP contribution in [0.25, 0.3) is 0 Å². The first-order chi connectivity index (χ1) is 13.2. The Hall–Kier alpha value is -2.20. The molecule has 0 aliphatic carbocycles. The highest BCUT2D eigenvalue weighted by Gasteiger charge is 2.40. The largest absolute Gasteiger partial charge is 0.497 e. The highest BCUT2D eigenvalue weighted by molar-refractivity contribution is 7.87. The number of nitrogens with one attached hydrogen (secondary N) is 2. The number of ether oxygens (including phenoxy) is 1. The Morgan fingerprint density at radius 1 is 1.29 bits per heavy atom. The van der Waals surface area contributed by atoms with Gasteiger partial charge in [-0.2, -0.15) is 17.4 Å². The molecule has 1 fully saturated rings. The van der Waals surface area contributed by atoms with Crippen molar-refractivity contribution in [3.63, 3.8) is 0 Å². The number of carbonyl (C=O) groups is 1. The van der Waals surface area contributed by atoms with E-state index in [1.807, 2.05) is 0 Å². The average molecular weight is 428 g/mol. The van der Waals surface area contributed by atoms with Crippen molar-refractivity contribution in [1.29, 1.82) is 0 Å². The second-order valence-electron chi connectivity index (χ2n) is 6.33. The van der Waals surface area contributed by atoms with E-state index >= 15 is 0 Å². The second-order valence-corrected chi connectivity index (χ2v) is 8.50. The third kappa shape index (κ3) is 4.27. The summed E-state index contributed by atoms with van der Waals surface area (Å²) in [6.07, 6.45) is 0.211. The third-order valence-electron chi connectivity index (χ3n) is 4.58. The Kier molecular flexibility index (Phi) is 5.90. The molecular weight excluding hydrogens is 409 g/mol. The Morgan fingerprint density at radius 3 is 2.57 bits per heavy atom. The smallest absolute Gasteiger partial charge is 0.280 e. The van der Waals surface area contributed by atoms with Crippen molar-refractivity contribution < 1.29 is 22.3 Å². The first-order valence-corrected chi connectivity index (χ1v) is 10.2. The number of carbonyl (C=O) groups excluding carboxylic acids is 1. The Morgan fingerprint density at radius 2 is 1.96 bits per heavy atom. The number of halogens is 2. The van der Waals surface area contributed by atoms with E-state index in [1.54, 1.807) is 24.3 Å². The molecular formula is C18H19ClFN3O4S. The van der Waals surface area contributed by atoms with Crippen LogP contribution in [0.1, 0.15) is 18.0 Å². The van der Waals surface area contributed by atoms with Gasteiger partial charge in [0.05, 0.1) is 12.1 Å². The first-order valence-electron chi connectivity index (χ1n) is 8.36. The summed E-state index contributed by atoms with van der Waals surface area (Å²) in [6, 6.07) is 9.14. The average Bonchev–Trinajstić information content (AvgIpc) is 2.66. The SMILES string of the molecule is COc1ccc(C2CC(C(=O)Nc3ccc(F)c(Cl)c3)N(C)S(=O)(=O)N2)cc1. The van der Waals surface area contributed by atoms with Gasteiger partial charge in [-0.15, -0.1) is 0 Å². The van der Waals surface area contributed by atoms with Crippen LogP contribution in [0.15, 0.2) is 42.5 Å². The Balaban J connectivity index is 1.83. The number of amides is 1. The van der Waals surface area contributed by atoms with Gasteiger partial charge in [0.15, 0.2) is 0 Å². The lowest BCUT2D eigenvalue weighted by Gasteiger charge is -2.36. The molecule has 1 heterocycles. The number of methoxy groups -OCH3 is 1. The van der Waals surface area contributed by atoms with Crippen molar-refractivity contribution in [3.05, 3.63) is 58.9 Å². The van der Waals surface area contributed by atoms with Crippen LogP contribution in [0.4, 0.5) is 10.1 Å². The zero-order chi connectivity index (χ0) is 20.5. The van der Waals surface area contributed by atoms with Gasteiger partial charge in [-0.3, -0.25) is 4.79 Å². The molecule has 2 aromatic carbocycles. The molecule has 7 nitrogen and oxygen atoms in total.